The van der Waals surface area contributed by atoms with Crippen molar-refractivity contribution in [3.8, 4) is 16.9 Å². The first-order valence-corrected chi connectivity index (χ1v) is 16.0. The lowest BCUT2D eigenvalue weighted by atomic mass is 9.91. The Kier molecular flexibility index (Phi) is 11.3. The second-order valence-corrected chi connectivity index (χ2v) is 11.9. The molecule has 234 valence electrons. The molecule has 0 aromatic heterocycles. The van der Waals surface area contributed by atoms with Crippen molar-refractivity contribution in [3.05, 3.63) is 132 Å². The Morgan fingerprint density at radius 1 is 0.956 bits per heavy atom. The summed E-state index contributed by atoms with van der Waals surface area (Å²) in [5.74, 6) is 1.63. The molecule has 1 saturated heterocycles. The molecule has 4 aromatic carbocycles. The van der Waals surface area contributed by atoms with Gasteiger partial charge in [-0.2, -0.15) is 0 Å². The number of aliphatic hydroxyl groups excluding tert-OH is 1. The van der Waals surface area contributed by atoms with E-state index in [1.165, 1.54) is 6.08 Å². The Labute approximate surface area is 269 Å². The number of benzene rings is 4. The second kappa shape index (κ2) is 15.8. The number of rotatable bonds is 12. The quantitative estimate of drug-likeness (QED) is 0.123. The van der Waals surface area contributed by atoms with E-state index in [0.29, 0.717) is 6.54 Å². The van der Waals surface area contributed by atoms with Gasteiger partial charge in [-0.1, -0.05) is 105 Å². The van der Waals surface area contributed by atoms with E-state index >= 15 is 0 Å². The van der Waals surface area contributed by atoms with E-state index < -0.39 is 12.4 Å². The fourth-order valence-corrected chi connectivity index (χ4v) is 6.54. The van der Waals surface area contributed by atoms with Crippen molar-refractivity contribution >= 4 is 17.9 Å². The first-order valence-electron chi connectivity index (χ1n) is 15.0. The van der Waals surface area contributed by atoms with Gasteiger partial charge in [-0.3, -0.25) is 0 Å². The van der Waals surface area contributed by atoms with Gasteiger partial charge in [0, 0.05) is 28.7 Å². The highest BCUT2D eigenvalue weighted by atomic mass is 32.2. The van der Waals surface area contributed by atoms with Crippen molar-refractivity contribution in [2.45, 2.75) is 43.5 Å². The summed E-state index contributed by atoms with van der Waals surface area (Å²) in [6.07, 6.45) is 0.171. The van der Waals surface area contributed by atoms with E-state index in [-0.39, 0.29) is 31.3 Å². The number of nitrogens with one attached hydrogen (secondary N) is 1. The van der Waals surface area contributed by atoms with E-state index in [0.717, 1.165) is 49.8 Å². The minimum atomic E-state index is -0.572. The highest BCUT2D eigenvalue weighted by Gasteiger charge is 2.38. The van der Waals surface area contributed by atoms with Crippen LogP contribution in [0.15, 0.2) is 115 Å². The second-order valence-electron chi connectivity index (χ2n) is 10.8. The van der Waals surface area contributed by atoms with E-state index in [4.69, 9.17) is 18.9 Å². The summed E-state index contributed by atoms with van der Waals surface area (Å²) in [5.41, 5.74) is 5.82. The van der Waals surface area contributed by atoms with Crippen molar-refractivity contribution in [3.63, 3.8) is 0 Å². The van der Waals surface area contributed by atoms with Crippen LogP contribution in [-0.2, 0) is 27.4 Å². The van der Waals surface area contributed by atoms with Crippen LogP contribution in [-0.4, -0.2) is 36.8 Å². The molecule has 4 atom stereocenters. The van der Waals surface area contributed by atoms with Crippen LogP contribution < -0.4 is 10.1 Å². The average Bonchev–Trinajstić information content (AvgIpc) is 3.09. The number of hydrogen-bond donors (Lipinski definition) is 2. The van der Waals surface area contributed by atoms with Gasteiger partial charge in [0.25, 0.3) is 0 Å². The third-order valence-electron chi connectivity index (χ3n) is 7.86. The van der Waals surface area contributed by atoms with Gasteiger partial charge in [-0.25, -0.2) is 4.79 Å². The summed E-state index contributed by atoms with van der Waals surface area (Å²) < 4.78 is 23.9. The molecule has 0 bridgehead atoms. The van der Waals surface area contributed by atoms with Crippen molar-refractivity contribution in [2.24, 2.45) is 5.92 Å². The lowest BCUT2D eigenvalue weighted by Gasteiger charge is -2.41. The number of ether oxygens (including phenoxy) is 4. The smallest absolute Gasteiger partial charge is 0.407 e. The number of methoxy groups -OCH3 is 1. The van der Waals surface area contributed by atoms with Gasteiger partial charge in [0.2, 0.25) is 0 Å². The van der Waals surface area contributed by atoms with Gasteiger partial charge in [0.05, 0.1) is 25.9 Å². The number of carbonyl (C=O) groups is 1. The molecule has 1 heterocycles. The molecule has 0 radical (unpaired) electrons. The Bertz CT molecular complexity index is 1560. The van der Waals surface area contributed by atoms with Gasteiger partial charge >= 0.3 is 6.09 Å². The summed E-state index contributed by atoms with van der Waals surface area (Å²) in [4.78, 5) is 13.0. The number of thioether (sulfide) groups is 1. The molecule has 0 saturated carbocycles. The maximum absolute atomic E-state index is 12.0. The largest absolute Gasteiger partial charge is 0.496 e. The molecule has 5 rings (SSSR count). The molecule has 4 aromatic rings. The number of carbonyl (C=O) groups excluding carboxylic acids is 1. The van der Waals surface area contributed by atoms with E-state index in [1.807, 2.05) is 78.9 Å². The summed E-state index contributed by atoms with van der Waals surface area (Å²) in [6, 6.07) is 32.1. The molecule has 8 heteroatoms. The topological polar surface area (TPSA) is 86.3 Å². The molecule has 7 nitrogen and oxygen atoms in total. The van der Waals surface area contributed by atoms with E-state index in [9.17, 15) is 9.90 Å². The molecule has 1 aliphatic rings. The lowest BCUT2D eigenvalue weighted by Crippen LogP contribution is -2.38. The summed E-state index contributed by atoms with van der Waals surface area (Å²) >= 11 is 1.71. The summed E-state index contributed by atoms with van der Waals surface area (Å²) in [5, 5.41) is 12.4. The Morgan fingerprint density at radius 3 is 2.40 bits per heavy atom. The zero-order valence-electron chi connectivity index (χ0n) is 25.6. The van der Waals surface area contributed by atoms with E-state index in [1.54, 1.807) is 18.9 Å². The predicted octanol–water partition coefficient (Wildman–Crippen LogP) is 7.85. The van der Waals surface area contributed by atoms with Crippen LogP contribution in [0, 0.1) is 5.92 Å². The predicted molar refractivity (Wildman–Crippen MR) is 177 cm³/mol. The van der Waals surface area contributed by atoms with Crippen LogP contribution in [0.3, 0.4) is 0 Å². The van der Waals surface area contributed by atoms with Crippen molar-refractivity contribution in [1.82, 2.24) is 5.32 Å². The number of alkyl carbamates (subject to hydrolysis) is 1. The van der Waals surface area contributed by atoms with Crippen LogP contribution in [0.5, 0.6) is 5.75 Å². The standard InChI is InChI=1S/C37H39NO6S/c1-4-21-42-37(40)38-22-30-9-5-6-10-31(30)27-17-19-29(20-18-27)36-43-33(24-45-34-12-8-7-11-32(34)41-3)25(2)35(44-36)28-15-13-26(23-39)14-16-28/h4-20,25,33,35-36,39H,1,21-24H2,2-3H3,(H,38,40)/t25-,33+,35+,36+/m0/s1. The first kappa shape index (κ1) is 32.3. The van der Waals surface area contributed by atoms with Crippen molar-refractivity contribution in [2.75, 3.05) is 19.5 Å². The highest BCUT2D eigenvalue weighted by molar-refractivity contribution is 7.99. The van der Waals surface area contributed by atoms with E-state index in [2.05, 4.69) is 37.0 Å². The van der Waals surface area contributed by atoms with Gasteiger partial charge in [0.1, 0.15) is 12.4 Å². The third-order valence-corrected chi connectivity index (χ3v) is 9.01. The molecular formula is C37H39NO6S. The average molecular weight is 626 g/mol. The number of hydrogen-bond acceptors (Lipinski definition) is 7. The normalized spacial score (nSPS) is 19.4. The summed E-state index contributed by atoms with van der Waals surface area (Å²) in [6.45, 7) is 6.23. The number of para-hydroxylation sites is 1. The Hall–Kier alpha value is -4.08. The monoisotopic (exact) mass is 625 g/mol. The van der Waals surface area contributed by atoms with Crippen LogP contribution >= 0.6 is 11.8 Å². The summed E-state index contributed by atoms with van der Waals surface area (Å²) in [7, 11) is 1.69. The molecule has 2 N–H and O–H groups in total. The first-order chi connectivity index (χ1) is 22.0. The van der Waals surface area contributed by atoms with Crippen LogP contribution in [0.2, 0.25) is 0 Å². The molecule has 0 unspecified atom stereocenters. The molecule has 1 fully saturated rings. The van der Waals surface area contributed by atoms with Gasteiger partial charge < -0.3 is 29.4 Å². The molecule has 1 amide bonds. The molecular weight excluding hydrogens is 586 g/mol. The SMILES string of the molecule is C=CCOC(=O)NCc1ccccc1-c1ccc([C@@H]2O[C@H](CSc3ccccc3OC)[C@H](C)[C@H](c3ccc(CO)cc3)O2)cc1. The number of amides is 1. The molecule has 1 aliphatic heterocycles. The maximum Gasteiger partial charge on any atom is 0.407 e. The zero-order valence-corrected chi connectivity index (χ0v) is 26.4. The van der Waals surface area contributed by atoms with Gasteiger partial charge in [0.15, 0.2) is 6.29 Å². The van der Waals surface area contributed by atoms with Gasteiger partial charge in [-0.05, 0) is 39.9 Å². The Balaban J connectivity index is 1.36. The Morgan fingerprint density at radius 2 is 1.67 bits per heavy atom. The van der Waals surface area contributed by atoms with Crippen molar-refractivity contribution in [1.29, 1.82) is 0 Å². The minimum Gasteiger partial charge on any atom is -0.496 e. The lowest BCUT2D eigenvalue weighted by molar-refractivity contribution is -0.268. The zero-order chi connectivity index (χ0) is 31.6. The number of aliphatic hydroxyl groups is 1. The molecule has 0 spiro atoms. The third kappa shape index (κ3) is 8.15. The van der Waals surface area contributed by atoms with Crippen LogP contribution in [0.25, 0.3) is 11.1 Å². The van der Waals surface area contributed by atoms with Crippen molar-refractivity contribution < 1.29 is 28.8 Å². The van der Waals surface area contributed by atoms with Crippen LogP contribution in [0.4, 0.5) is 4.79 Å². The minimum absolute atomic E-state index is 0.00377. The highest BCUT2D eigenvalue weighted by Crippen LogP contribution is 2.44. The van der Waals surface area contributed by atoms with Crippen LogP contribution in [0.1, 0.15) is 41.6 Å². The molecule has 0 aliphatic carbocycles. The fourth-order valence-electron chi connectivity index (χ4n) is 5.35. The van der Waals surface area contributed by atoms with Gasteiger partial charge in [-0.15, -0.1) is 11.8 Å². The maximum atomic E-state index is 12.0. The fraction of sp³-hybridized carbons (Fsp3) is 0.270. The molecule has 45 heavy (non-hydrogen) atoms.